The van der Waals surface area contributed by atoms with Crippen LogP contribution in [0.3, 0.4) is 0 Å². The second kappa shape index (κ2) is 8.50. The molecule has 0 unspecified atom stereocenters. The number of methoxy groups -OCH3 is 1. The van der Waals surface area contributed by atoms with E-state index in [1.54, 1.807) is 14.0 Å². The van der Waals surface area contributed by atoms with Crippen LogP contribution >= 0.6 is 15.9 Å². The predicted molar refractivity (Wildman–Crippen MR) is 98.1 cm³/mol. The quantitative estimate of drug-likeness (QED) is 0.405. The van der Waals surface area contributed by atoms with Crippen molar-refractivity contribution in [1.29, 1.82) is 0 Å². The van der Waals surface area contributed by atoms with Crippen LogP contribution in [0.2, 0.25) is 0 Å². The van der Waals surface area contributed by atoms with Gasteiger partial charge in [0.15, 0.2) is 0 Å². The molecule has 0 aliphatic rings. The highest BCUT2D eigenvalue weighted by molar-refractivity contribution is 9.10. The maximum absolute atomic E-state index is 12.6. The number of ether oxygens (including phenoxy) is 2. The van der Waals surface area contributed by atoms with Gasteiger partial charge in [-0.05, 0) is 41.4 Å². The smallest absolute Gasteiger partial charge is 0.340 e. The Morgan fingerprint density at radius 2 is 2.12 bits per heavy atom. The van der Waals surface area contributed by atoms with E-state index in [1.807, 2.05) is 12.1 Å². The van der Waals surface area contributed by atoms with Gasteiger partial charge in [-0.3, -0.25) is 11.3 Å². The maximum atomic E-state index is 12.6. The van der Waals surface area contributed by atoms with Gasteiger partial charge >= 0.3 is 5.97 Å². The fourth-order valence-electron chi connectivity index (χ4n) is 2.84. The lowest BCUT2D eigenvalue weighted by Crippen LogP contribution is -2.24. The Morgan fingerprint density at radius 1 is 1.38 bits per heavy atom. The second-order valence-electron chi connectivity index (χ2n) is 5.43. The summed E-state index contributed by atoms with van der Waals surface area (Å²) in [4.78, 5) is 12.6. The highest BCUT2D eigenvalue weighted by atomic mass is 79.9. The molecule has 1 aromatic heterocycles. The first-order chi connectivity index (χ1) is 11.6. The van der Waals surface area contributed by atoms with Crippen molar-refractivity contribution in [2.75, 3.05) is 13.7 Å². The number of hydrogen-bond donors (Lipinski definition) is 2. The number of fused-ring (bicyclic) bond motifs is 1. The van der Waals surface area contributed by atoms with E-state index in [4.69, 9.17) is 15.3 Å². The Hall–Kier alpha value is -1.57. The molecule has 0 saturated heterocycles. The van der Waals surface area contributed by atoms with Gasteiger partial charge in [0.1, 0.15) is 5.75 Å². The monoisotopic (exact) mass is 397 g/mol. The van der Waals surface area contributed by atoms with Crippen LogP contribution in [0.15, 0.2) is 16.6 Å². The molecule has 1 aromatic carbocycles. The van der Waals surface area contributed by atoms with Crippen LogP contribution in [0.5, 0.6) is 5.75 Å². The first-order valence-corrected chi connectivity index (χ1v) is 8.87. The third-order valence-corrected chi connectivity index (χ3v) is 4.55. The molecule has 132 valence electrons. The van der Waals surface area contributed by atoms with Crippen molar-refractivity contribution in [1.82, 2.24) is 9.99 Å². The standard InChI is InChI=1S/C17H24BrN3O3/c1-4-6-7-21-13-9-12(18)15(23-3)8-11(13)16(14(21)10-20-19)17(22)24-5-2/h8-9,20H,4-7,10,19H2,1-3H3. The first-order valence-electron chi connectivity index (χ1n) is 8.08. The Balaban J connectivity index is 2.77. The molecule has 6 nitrogen and oxygen atoms in total. The second-order valence-corrected chi connectivity index (χ2v) is 6.29. The van der Waals surface area contributed by atoms with Crippen LogP contribution in [-0.4, -0.2) is 24.3 Å². The molecule has 0 aliphatic heterocycles. The lowest BCUT2D eigenvalue weighted by molar-refractivity contribution is 0.0527. The van der Waals surface area contributed by atoms with E-state index >= 15 is 0 Å². The van der Waals surface area contributed by atoms with Gasteiger partial charge in [0.25, 0.3) is 0 Å². The summed E-state index contributed by atoms with van der Waals surface area (Å²) in [6.07, 6.45) is 2.06. The summed E-state index contributed by atoms with van der Waals surface area (Å²) in [5.41, 5.74) is 5.01. The molecule has 0 bridgehead atoms. The average molecular weight is 398 g/mol. The van der Waals surface area contributed by atoms with E-state index in [9.17, 15) is 4.79 Å². The average Bonchev–Trinajstić information content (AvgIpc) is 2.85. The largest absolute Gasteiger partial charge is 0.496 e. The van der Waals surface area contributed by atoms with Gasteiger partial charge < -0.3 is 14.0 Å². The molecule has 0 radical (unpaired) electrons. The molecule has 0 atom stereocenters. The summed E-state index contributed by atoms with van der Waals surface area (Å²) in [5.74, 6) is 5.89. The zero-order valence-corrected chi connectivity index (χ0v) is 15.9. The summed E-state index contributed by atoms with van der Waals surface area (Å²) in [7, 11) is 1.60. The number of carbonyl (C=O) groups excluding carboxylic acids is 1. The molecule has 0 aliphatic carbocycles. The van der Waals surface area contributed by atoms with E-state index < -0.39 is 0 Å². The number of hydrazine groups is 1. The van der Waals surface area contributed by atoms with Crippen molar-refractivity contribution in [3.8, 4) is 5.75 Å². The number of nitrogens with two attached hydrogens (primary N) is 1. The van der Waals surface area contributed by atoms with Gasteiger partial charge in [-0.25, -0.2) is 4.79 Å². The Kier molecular flexibility index (Phi) is 6.65. The summed E-state index contributed by atoms with van der Waals surface area (Å²) < 4.78 is 13.6. The Labute approximate surface area is 150 Å². The van der Waals surface area contributed by atoms with Gasteiger partial charge in [0, 0.05) is 17.6 Å². The summed E-state index contributed by atoms with van der Waals surface area (Å²) >= 11 is 3.53. The van der Waals surface area contributed by atoms with Crippen molar-refractivity contribution >= 4 is 32.8 Å². The van der Waals surface area contributed by atoms with E-state index in [1.165, 1.54) is 0 Å². The molecule has 24 heavy (non-hydrogen) atoms. The van der Waals surface area contributed by atoms with Crippen molar-refractivity contribution in [3.05, 3.63) is 27.9 Å². The van der Waals surface area contributed by atoms with E-state index in [0.717, 1.165) is 40.5 Å². The van der Waals surface area contributed by atoms with Crippen LogP contribution in [0.4, 0.5) is 0 Å². The number of carbonyl (C=O) groups is 1. The minimum absolute atomic E-state index is 0.323. The maximum Gasteiger partial charge on any atom is 0.340 e. The van der Waals surface area contributed by atoms with Crippen molar-refractivity contribution in [2.45, 2.75) is 39.8 Å². The zero-order valence-electron chi connectivity index (χ0n) is 14.3. The molecule has 1 heterocycles. The zero-order chi connectivity index (χ0) is 17.7. The molecular formula is C17H24BrN3O3. The van der Waals surface area contributed by atoms with Crippen LogP contribution in [0.25, 0.3) is 10.9 Å². The fourth-order valence-corrected chi connectivity index (χ4v) is 3.34. The summed E-state index contributed by atoms with van der Waals surface area (Å²) in [6.45, 7) is 5.45. The number of rotatable bonds is 8. The van der Waals surface area contributed by atoms with Gasteiger partial charge in [-0.1, -0.05) is 13.3 Å². The number of unbranched alkanes of at least 4 members (excludes halogenated alkanes) is 1. The summed E-state index contributed by atoms with van der Waals surface area (Å²) in [5, 5.41) is 0.815. The highest BCUT2D eigenvalue weighted by Crippen LogP contribution is 2.35. The minimum Gasteiger partial charge on any atom is -0.496 e. The molecule has 7 heteroatoms. The lowest BCUT2D eigenvalue weighted by Gasteiger charge is -2.11. The molecular weight excluding hydrogens is 374 g/mol. The predicted octanol–water partition coefficient (Wildman–Crippen LogP) is 3.35. The van der Waals surface area contributed by atoms with E-state index in [0.29, 0.717) is 24.5 Å². The normalized spacial score (nSPS) is 11.0. The number of hydrogen-bond acceptors (Lipinski definition) is 5. The first kappa shape index (κ1) is 18.8. The molecule has 3 N–H and O–H groups in total. The minimum atomic E-state index is -0.340. The van der Waals surface area contributed by atoms with Crippen LogP contribution in [0, 0.1) is 0 Å². The van der Waals surface area contributed by atoms with Gasteiger partial charge in [0.05, 0.1) is 35.8 Å². The fraction of sp³-hybridized carbons (Fsp3) is 0.471. The van der Waals surface area contributed by atoms with Crippen molar-refractivity contribution in [3.63, 3.8) is 0 Å². The molecule has 2 rings (SSSR count). The topological polar surface area (TPSA) is 78.5 Å². The number of aryl methyl sites for hydroxylation is 1. The molecule has 0 saturated carbocycles. The van der Waals surface area contributed by atoms with Gasteiger partial charge in [0.2, 0.25) is 0 Å². The third kappa shape index (κ3) is 3.58. The number of esters is 1. The number of halogens is 1. The number of aromatic nitrogens is 1. The molecule has 2 aromatic rings. The SMILES string of the molecule is CCCCn1c(CNN)c(C(=O)OCC)c2cc(OC)c(Br)cc21. The molecule has 0 amide bonds. The Morgan fingerprint density at radius 3 is 2.71 bits per heavy atom. The van der Waals surface area contributed by atoms with Gasteiger partial charge in [-0.2, -0.15) is 0 Å². The Bertz CT molecular complexity index is 728. The number of nitrogens with zero attached hydrogens (tertiary/aromatic N) is 1. The van der Waals surface area contributed by atoms with Crippen LogP contribution in [0.1, 0.15) is 42.7 Å². The lowest BCUT2D eigenvalue weighted by atomic mass is 10.1. The van der Waals surface area contributed by atoms with E-state index in [2.05, 4.69) is 32.8 Å². The molecule has 0 spiro atoms. The molecule has 0 fully saturated rings. The van der Waals surface area contributed by atoms with Crippen LogP contribution in [-0.2, 0) is 17.8 Å². The van der Waals surface area contributed by atoms with E-state index in [-0.39, 0.29) is 5.97 Å². The number of benzene rings is 1. The van der Waals surface area contributed by atoms with Crippen molar-refractivity contribution < 1.29 is 14.3 Å². The van der Waals surface area contributed by atoms with Gasteiger partial charge in [-0.15, -0.1) is 0 Å². The third-order valence-electron chi connectivity index (χ3n) is 3.93. The van der Waals surface area contributed by atoms with Crippen LogP contribution < -0.4 is 16.0 Å². The highest BCUT2D eigenvalue weighted by Gasteiger charge is 2.24. The number of nitrogens with one attached hydrogen (secondary N) is 1. The summed E-state index contributed by atoms with van der Waals surface area (Å²) in [6, 6.07) is 3.85. The van der Waals surface area contributed by atoms with Crippen molar-refractivity contribution in [2.24, 2.45) is 5.84 Å².